The fraction of sp³-hybridized carbons (Fsp3) is 0.158. The Kier molecular flexibility index (Phi) is 5.68. The normalized spacial score (nSPS) is 11.3. The molecule has 8 heteroatoms. The average molecular weight is 385 g/mol. The first-order valence-electron chi connectivity index (χ1n) is 8.25. The van der Waals surface area contributed by atoms with Crippen molar-refractivity contribution in [2.24, 2.45) is 0 Å². The van der Waals surface area contributed by atoms with Crippen molar-refractivity contribution in [2.75, 3.05) is 13.7 Å². The number of nitrogens with one attached hydrogen (secondary N) is 1. The van der Waals surface area contributed by atoms with Gasteiger partial charge in [0.1, 0.15) is 5.75 Å². The van der Waals surface area contributed by atoms with E-state index in [2.05, 4.69) is 9.71 Å². The number of ether oxygens (including phenoxy) is 1. The first kappa shape index (κ1) is 18.8. The molecule has 1 heterocycles. The monoisotopic (exact) mass is 385 g/mol. The summed E-state index contributed by atoms with van der Waals surface area (Å²) in [6.07, 6.45) is 1.42. The summed E-state index contributed by atoms with van der Waals surface area (Å²) in [6, 6.07) is 16.9. The van der Waals surface area contributed by atoms with Gasteiger partial charge in [0.05, 0.1) is 24.0 Å². The fourth-order valence-electron chi connectivity index (χ4n) is 2.50. The molecule has 3 rings (SSSR count). The highest BCUT2D eigenvalue weighted by atomic mass is 32.2. The number of nitrogens with zero attached hydrogens (tertiary/aromatic N) is 2. The molecule has 2 aromatic carbocycles. The van der Waals surface area contributed by atoms with Crippen molar-refractivity contribution < 1.29 is 13.2 Å². The molecule has 0 saturated carbocycles. The van der Waals surface area contributed by atoms with Gasteiger partial charge in [-0.15, -0.1) is 0 Å². The number of rotatable bonds is 7. The minimum Gasteiger partial charge on any atom is -0.497 e. The van der Waals surface area contributed by atoms with E-state index in [0.717, 1.165) is 5.56 Å². The minimum absolute atomic E-state index is 0.0701. The second kappa shape index (κ2) is 8.15. The second-order valence-corrected chi connectivity index (χ2v) is 7.51. The summed E-state index contributed by atoms with van der Waals surface area (Å²) in [5.74, 6) is 0.574. The van der Waals surface area contributed by atoms with E-state index in [-0.39, 0.29) is 23.5 Å². The highest BCUT2D eigenvalue weighted by Crippen LogP contribution is 2.15. The van der Waals surface area contributed by atoms with E-state index in [1.165, 1.54) is 36.2 Å². The number of methoxy groups -OCH3 is 1. The van der Waals surface area contributed by atoms with Crippen LogP contribution in [-0.4, -0.2) is 31.6 Å². The van der Waals surface area contributed by atoms with Gasteiger partial charge in [-0.25, -0.2) is 18.1 Å². The quantitative estimate of drug-likeness (QED) is 0.671. The zero-order valence-corrected chi connectivity index (χ0v) is 15.5. The highest BCUT2D eigenvalue weighted by molar-refractivity contribution is 7.89. The molecule has 0 aliphatic carbocycles. The van der Waals surface area contributed by atoms with Gasteiger partial charge in [0.15, 0.2) is 0 Å². The molecule has 3 aromatic rings. The van der Waals surface area contributed by atoms with E-state index in [9.17, 15) is 13.2 Å². The van der Waals surface area contributed by atoms with Crippen LogP contribution in [0.1, 0.15) is 0 Å². The molecule has 0 unspecified atom stereocenters. The predicted molar refractivity (Wildman–Crippen MR) is 102 cm³/mol. The summed E-state index contributed by atoms with van der Waals surface area (Å²) >= 11 is 0. The van der Waals surface area contributed by atoms with Gasteiger partial charge < -0.3 is 4.74 Å². The number of benzene rings is 2. The summed E-state index contributed by atoms with van der Waals surface area (Å²) in [4.78, 5) is 16.6. The van der Waals surface area contributed by atoms with Crippen LogP contribution in [0.25, 0.3) is 11.3 Å². The van der Waals surface area contributed by atoms with Crippen LogP contribution in [0.3, 0.4) is 0 Å². The average Bonchev–Trinajstić information content (AvgIpc) is 2.70. The van der Waals surface area contributed by atoms with Gasteiger partial charge in [0.2, 0.25) is 10.0 Å². The summed E-state index contributed by atoms with van der Waals surface area (Å²) in [5.41, 5.74) is 1.19. The van der Waals surface area contributed by atoms with Gasteiger partial charge >= 0.3 is 0 Å². The van der Waals surface area contributed by atoms with E-state index in [1.807, 2.05) is 30.3 Å². The predicted octanol–water partition coefficient (Wildman–Crippen LogP) is 1.90. The fourth-order valence-corrected chi connectivity index (χ4v) is 3.52. The molecule has 0 amide bonds. The lowest BCUT2D eigenvalue weighted by Gasteiger charge is -2.09. The van der Waals surface area contributed by atoms with Crippen molar-refractivity contribution in [2.45, 2.75) is 11.4 Å². The second-order valence-electron chi connectivity index (χ2n) is 5.75. The van der Waals surface area contributed by atoms with E-state index >= 15 is 0 Å². The maximum absolute atomic E-state index is 12.3. The molecule has 0 saturated heterocycles. The number of hydrogen-bond acceptors (Lipinski definition) is 5. The third kappa shape index (κ3) is 4.60. The zero-order valence-electron chi connectivity index (χ0n) is 14.7. The first-order valence-corrected chi connectivity index (χ1v) is 9.73. The summed E-state index contributed by atoms with van der Waals surface area (Å²) < 4.78 is 33.4. The summed E-state index contributed by atoms with van der Waals surface area (Å²) in [6.45, 7) is 0.247. The maximum Gasteiger partial charge on any atom is 0.253 e. The van der Waals surface area contributed by atoms with Crippen LogP contribution in [0.4, 0.5) is 0 Å². The molecule has 1 aromatic heterocycles. The van der Waals surface area contributed by atoms with Crippen LogP contribution in [0, 0.1) is 0 Å². The highest BCUT2D eigenvalue weighted by Gasteiger charge is 2.13. The van der Waals surface area contributed by atoms with Crippen LogP contribution in [0.5, 0.6) is 5.75 Å². The van der Waals surface area contributed by atoms with Crippen molar-refractivity contribution in [3.05, 3.63) is 77.3 Å². The van der Waals surface area contributed by atoms with Gasteiger partial charge in [-0.1, -0.05) is 30.3 Å². The Labute approximate surface area is 157 Å². The molecule has 0 bridgehead atoms. The molecule has 0 aliphatic heterocycles. The van der Waals surface area contributed by atoms with Gasteiger partial charge in [-0.3, -0.25) is 9.36 Å². The van der Waals surface area contributed by atoms with Crippen LogP contribution < -0.4 is 15.0 Å². The van der Waals surface area contributed by atoms with Crippen molar-refractivity contribution in [3.63, 3.8) is 0 Å². The smallest absolute Gasteiger partial charge is 0.253 e. The van der Waals surface area contributed by atoms with E-state index in [4.69, 9.17) is 4.74 Å². The molecule has 140 valence electrons. The molecule has 0 fully saturated rings. The standard InChI is InChI=1S/C19H19N3O4S/c1-26-16-7-9-17(10-8-16)27(24,25)21-11-12-22-14-20-18(13-19(22)23)15-5-3-2-4-6-15/h2-10,13-14,21H,11-12H2,1H3. The molecule has 0 aliphatic rings. The SMILES string of the molecule is COc1ccc(S(=O)(=O)NCCn2cnc(-c3ccccc3)cc2=O)cc1. The topological polar surface area (TPSA) is 90.3 Å². The van der Waals surface area contributed by atoms with Gasteiger partial charge in [0.25, 0.3) is 5.56 Å². The maximum atomic E-state index is 12.3. The number of sulfonamides is 1. The van der Waals surface area contributed by atoms with Gasteiger partial charge in [0, 0.05) is 24.7 Å². The zero-order chi connectivity index (χ0) is 19.3. The lowest BCUT2D eigenvalue weighted by atomic mass is 10.1. The van der Waals surface area contributed by atoms with Crippen molar-refractivity contribution in [1.82, 2.24) is 14.3 Å². The molecular formula is C19H19N3O4S. The number of aromatic nitrogens is 2. The van der Waals surface area contributed by atoms with Crippen molar-refractivity contribution in [3.8, 4) is 17.0 Å². The lowest BCUT2D eigenvalue weighted by Crippen LogP contribution is -2.30. The molecule has 1 N–H and O–H groups in total. The molecule has 7 nitrogen and oxygen atoms in total. The Morgan fingerprint density at radius 2 is 1.78 bits per heavy atom. The first-order chi connectivity index (χ1) is 13.0. The van der Waals surface area contributed by atoms with Crippen molar-refractivity contribution >= 4 is 10.0 Å². The minimum atomic E-state index is -3.66. The summed E-state index contributed by atoms with van der Waals surface area (Å²) in [7, 11) is -2.15. The van der Waals surface area contributed by atoms with Gasteiger partial charge in [-0.05, 0) is 24.3 Å². The molecule has 0 atom stereocenters. The third-order valence-corrected chi connectivity index (χ3v) is 5.44. The summed E-state index contributed by atoms with van der Waals surface area (Å²) in [5, 5.41) is 0. The Morgan fingerprint density at radius 3 is 2.41 bits per heavy atom. The molecule has 27 heavy (non-hydrogen) atoms. The Morgan fingerprint density at radius 1 is 1.07 bits per heavy atom. The van der Waals surface area contributed by atoms with Crippen LogP contribution >= 0.6 is 0 Å². The largest absolute Gasteiger partial charge is 0.497 e. The van der Waals surface area contributed by atoms with E-state index < -0.39 is 10.0 Å². The lowest BCUT2D eigenvalue weighted by molar-refractivity contribution is 0.414. The van der Waals surface area contributed by atoms with Crippen LogP contribution in [0.15, 0.2) is 76.7 Å². The van der Waals surface area contributed by atoms with Crippen molar-refractivity contribution in [1.29, 1.82) is 0 Å². The molecule has 0 spiro atoms. The molecule has 0 radical (unpaired) electrons. The van der Waals surface area contributed by atoms with E-state index in [1.54, 1.807) is 12.1 Å². The molecular weight excluding hydrogens is 366 g/mol. The van der Waals surface area contributed by atoms with E-state index in [0.29, 0.717) is 11.4 Å². The number of hydrogen-bond donors (Lipinski definition) is 1. The van der Waals surface area contributed by atoms with Crippen LogP contribution in [-0.2, 0) is 16.6 Å². The Balaban J connectivity index is 1.65. The van der Waals surface area contributed by atoms with Crippen LogP contribution in [0.2, 0.25) is 0 Å². The third-order valence-electron chi connectivity index (χ3n) is 3.96. The van der Waals surface area contributed by atoms with Gasteiger partial charge in [-0.2, -0.15) is 0 Å². The Hall–Kier alpha value is -2.97. The Bertz CT molecular complexity index is 1060.